The van der Waals surface area contributed by atoms with E-state index >= 15 is 0 Å². The predicted octanol–water partition coefficient (Wildman–Crippen LogP) is 4.42. The number of allylic oxidation sites excluding steroid dienone is 2. The van der Waals surface area contributed by atoms with Crippen LogP contribution in [0.2, 0.25) is 0 Å². The van der Waals surface area contributed by atoms with Crippen LogP contribution in [0.5, 0.6) is 0 Å². The summed E-state index contributed by atoms with van der Waals surface area (Å²) in [7, 11) is 0. The second-order valence-corrected chi connectivity index (χ2v) is 6.91. The monoisotopic (exact) mass is 204 g/mol. The Kier molecular flexibility index (Phi) is 1.79. The molecule has 0 heterocycles. The highest BCUT2D eigenvalue weighted by Crippen LogP contribution is 2.74. The lowest BCUT2D eigenvalue weighted by atomic mass is 9.59. The van der Waals surface area contributed by atoms with Crippen molar-refractivity contribution in [3.63, 3.8) is 0 Å². The van der Waals surface area contributed by atoms with Crippen LogP contribution in [0, 0.1) is 28.6 Å². The fourth-order valence-electron chi connectivity index (χ4n) is 5.45. The average molecular weight is 204 g/mol. The van der Waals surface area contributed by atoms with Gasteiger partial charge in [0.15, 0.2) is 0 Å². The van der Waals surface area contributed by atoms with Crippen molar-refractivity contribution in [2.75, 3.05) is 0 Å². The third-order valence-corrected chi connectivity index (χ3v) is 6.24. The lowest BCUT2D eigenvalue weighted by molar-refractivity contribution is 0.0827. The fraction of sp³-hybridized carbons (Fsp3) is 0.867. The van der Waals surface area contributed by atoms with Crippen LogP contribution in [0.15, 0.2) is 11.6 Å². The van der Waals surface area contributed by atoms with Crippen LogP contribution in [0.1, 0.15) is 53.4 Å². The maximum atomic E-state index is 2.56. The van der Waals surface area contributed by atoms with E-state index < -0.39 is 0 Å². The molecule has 3 aliphatic rings. The summed E-state index contributed by atoms with van der Waals surface area (Å²) in [6, 6.07) is 0. The van der Waals surface area contributed by atoms with Crippen molar-refractivity contribution in [2.45, 2.75) is 53.4 Å². The molecule has 0 aliphatic heterocycles. The van der Waals surface area contributed by atoms with E-state index in [1.807, 2.05) is 0 Å². The highest BCUT2D eigenvalue weighted by molar-refractivity contribution is 5.27. The average Bonchev–Trinajstić information content (AvgIpc) is 2.56. The van der Waals surface area contributed by atoms with Crippen LogP contribution in [-0.4, -0.2) is 0 Å². The molecular weight excluding hydrogens is 180 g/mol. The first kappa shape index (κ1) is 9.93. The van der Waals surface area contributed by atoms with Gasteiger partial charge in [-0.25, -0.2) is 0 Å². The molecule has 0 unspecified atom stereocenters. The van der Waals surface area contributed by atoms with Gasteiger partial charge >= 0.3 is 0 Å². The molecule has 0 aromatic rings. The molecule has 4 atom stereocenters. The van der Waals surface area contributed by atoms with E-state index in [1.54, 1.807) is 5.57 Å². The second-order valence-electron chi connectivity index (χ2n) is 6.91. The standard InChI is InChI=1S/C15H24/c1-10(2)15-8-7-14(4)9-12(15)11(3)5-6-13(14)15/h5,10,12-13H,6-9H2,1-4H3/t12-,13-,14-,15+/m1/s1. The Morgan fingerprint density at radius 3 is 2.67 bits per heavy atom. The predicted molar refractivity (Wildman–Crippen MR) is 64.6 cm³/mol. The van der Waals surface area contributed by atoms with Crippen molar-refractivity contribution in [1.29, 1.82) is 0 Å². The maximum absolute atomic E-state index is 2.56. The van der Waals surface area contributed by atoms with Gasteiger partial charge in [-0.1, -0.05) is 32.4 Å². The van der Waals surface area contributed by atoms with E-state index in [0.717, 1.165) is 17.8 Å². The van der Waals surface area contributed by atoms with E-state index in [2.05, 4.69) is 33.8 Å². The van der Waals surface area contributed by atoms with Crippen molar-refractivity contribution >= 4 is 0 Å². The Hall–Kier alpha value is -0.260. The molecule has 2 saturated carbocycles. The van der Waals surface area contributed by atoms with E-state index in [0.29, 0.717) is 10.8 Å². The minimum absolute atomic E-state index is 0.684. The molecule has 0 spiro atoms. The smallest absolute Gasteiger partial charge is 0.0139 e. The van der Waals surface area contributed by atoms with Gasteiger partial charge in [0.25, 0.3) is 0 Å². The molecule has 4 bridgehead atoms. The lowest BCUT2D eigenvalue weighted by Crippen LogP contribution is -2.38. The van der Waals surface area contributed by atoms with Gasteiger partial charge in [-0.3, -0.25) is 0 Å². The van der Waals surface area contributed by atoms with Gasteiger partial charge in [0.2, 0.25) is 0 Å². The Bertz CT molecular complexity index is 325. The summed E-state index contributed by atoms with van der Waals surface area (Å²) in [5.41, 5.74) is 3.08. The highest BCUT2D eigenvalue weighted by atomic mass is 14.7. The fourth-order valence-corrected chi connectivity index (χ4v) is 5.45. The Morgan fingerprint density at radius 1 is 1.33 bits per heavy atom. The zero-order valence-corrected chi connectivity index (χ0v) is 10.6. The Morgan fingerprint density at radius 2 is 2.07 bits per heavy atom. The van der Waals surface area contributed by atoms with Crippen LogP contribution < -0.4 is 0 Å². The zero-order valence-electron chi connectivity index (χ0n) is 10.6. The molecule has 2 fully saturated rings. The van der Waals surface area contributed by atoms with Gasteiger partial charge in [0.1, 0.15) is 0 Å². The largest absolute Gasteiger partial charge is 0.0850 e. The zero-order chi connectivity index (χ0) is 10.8. The number of rotatable bonds is 1. The summed E-state index contributed by atoms with van der Waals surface area (Å²) in [4.78, 5) is 0. The molecule has 84 valence electrons. The van der Waals surface area contributed by atoms with E-state index in [9.17, 15) is 0 Å². The molecular formula is C15H24. The Balaban J connectivity index is 2.12. The van der Waals surface area contributed by atoms with E-state index in [1.165, 1.54) is 25.7 Å². The first-order valence-electron chi connectivity index (χ1n) is 6.67. The third-order valence-electron chi connectivity index (χ3n) is 6.24. The van der Waals surface area contributed by atoms with Crippen LogP contribution in [0.25, 0.3) is 0 Å². The van der Waals surface area contributed by atoms with Crippen LogP contribution in [0.4, 0.5) is 0 Å². The summed E-state index contributed by atoms with van der Waals surface area (Å²) < 4.78 is 0. The minimum Gasteiger partial charge on any atom is -0.0850 e. The summed E-state index contributed by atoms with van der Waals surface area (Å²) in [5, 5.41) is 0. The molecule has 3 aliphatic carbocycles. The van der Waals surface area contributed by atoms with E-state index in [-0.39, 0.29) is 0 Å². The van der Waals surface area contributed by atoms with Crippen molar-refractivity contribution in [2.24, 2.45) is 28.6 Å². The van der Waals surface area contributed by atoms with Gasteiger partial charge in [0, 0.05) is 0 Å². The molecule has 0 amide bonds. The van der Waals surface area contributed by atoms with E-state index in [4.69, 9.17) is 0 Å². The summed E-state index contributed by atoms with van der Waals surface area (Å²) in [5.74, 6) is 2.80. The second kappa shape index (κ2) is 2.70. The SMILES string of the molecule is CC1=CC[C@@H]2[C@]3(C)CC[C@]2(C(C)C)[C@@H]1C3. The van der Waals surface area contributed by atoms with Crippen molar-refractivity contribution < 1.29 is 0 Å². The molecule has 0 nitrogen and oxygen atoms in total. The molecule has 0 aromatic carbocycles. The molecule has 3 rings (SSSR count). The van der Waals surface area contributed by atoms with Gasteiger partial charge in [-0.15, -0.1) is 0 Å². The molecule has 15 heavy (non-hydrogen) atoms. The molecule has 0 aromatic heterocycles. The molecule has 0 radical (unpaired) electrons. The normalized spacial score (nSPS) is 52.5. The number of hydrogen-bond donors (Lipinski definition) is 0. The molecule has 0 heteroatoms. The number of hydrogen-bond acceptors (Lipinski definition) is 0. The first-order chi connectivity index (χ1) is 7.01. The molecule has 0 saturated heterocycles. The lowest BCUT2D eigenvalue weighted by Gasteiger charge is -2.45. The van der Waals surface area contributed by atoms with Crippen molar-refractivity contribution in [3.8, 4) is 0 Å². The minimum atomic E-state index is 0.684. The molecule has 0 N–H and O–H groups in total. The topological polar surface area (TPSA) is 0 Å². The summed E-state index contributed by atoms with van der Waals surface area (Å²) in [6.07, 6.45) is 8.40. The van der Waals surface area contributed by atoms with Crippen molar-refractivity contribution in [3.05, 3.63) is 11.6 Å². The van der Waals surface area contributed by atoms with Crippen molar-refractivity contribution in [1.82, 2.24) is 0 Å². The van der Waals surface area contributed by atoms with Crippen LogP contribution >= 0.6 is 0 Å². The van der Waals surface area contributed by atoms with Gasteiger partial charge in [-0.05, 0) is 61.2 Å². The van der Waals surface area contributed by atoms with Gasteiger partial charge in [-0.2, -0.15) is 0 Å². The Labute approximate surface area is 94.1 Å². The first-order valence-corrected chi connectivity index (χ1v) is 6.67. The quantitative estimate of drug-likeness (QED) is 0.555. The van der Waals surface area contributed by atoms with Gasteiger partial charge < -0.3 is 0 Å². The van der Waals surface area contributed by atoms with Gasteiger partial charge in [0.05, 0.1) is 0 Å². The maximum Gasteiger partial charge on any atom is -0.0139 e. The summed E-state index contributed by atoms with van der Waals surface area (Å²) >= 11 is 0. The van der Waals surface area contributed by atoms with Crippen LogP contribution in [-0.2, 0) is 0 Å². The van der Waals surface area contributed by atoms with Crippen LogP contribution in [0.3, 0.4) is 0 Å². The highest BCUT2D eigenvalue weighted by Gasteiger charge is 2.66. The summed E-state index contributed by atoms with van der Waals surface area (Å²) in [6.45, 7) is 9.88. The third kappa shape index (κ3) is 0.946.